The fraction of sp³-hybridized carbons (Fsp3) is 0.429. The summed E-state index contributed by atoms with van der Waals surface area (Å²) in [5.74, 6) is 5.38. The fourth-order valence-electron chi connectivity index (χ4n) is 1.81. The molecule has 0 bridgehead atoms. The van der Waals surface area contributed by atoms with Gasteiger partial charge in [0, 0.05) is 18.9 Å². The van der Waals surface area contributed by atoms with Gasteiger partial charge in [0.15, 0.2) is 0 Å². The quantitative estimate of drug-likeness (QED) is 0.812. The Hall–Kier alpha value is -1.57. The number of ether oxygens (including phenoxy) is 2. The van der Waals surface area contributed by atoms with Crippen molar-refractivity contribution in [2.45, 2.75) is 18.9 Å². The van der Waals surface area contributed by atoms with Crippen LogP contribution in [-0.2, 0) is 4.74 Å². The number of halogens is 1. The number of aliphatic hydroxyl groups excluding tert-OH is 1. The van der Waals surface area contributed by atoms with E-state index in [2.05, 4.69) is 11.8 Å². The predicted molar refractivity (Wildman–Crippen MR) is 64.8 cm³/mol. The lowest BCUT2D eigenvalue weighted by molar-refractivity contribution is 0.0253. The van der Waals surface area contributed by atoms with Crippen LogP contribution < -0.4 is 4.74 Å². The molecule has 1 aromatic carbocycles. The van der Waals surface area contributed by atoms with E-state index in [1.54, 1.807) is 6.07 Å². The van der Waals surface area contributed by atoms with Gasteiger partial charge in [0.05, 0.1) is 18.8 Å². The molecule has 3 nitrogen and oxygen atoms in total. The van der Waals surface area contributed by atoms with E-state index in [4.69, 9.17) is 14.6 Å². The van der Waals surface area contributed by atoms with Crippen LogP contribution >= 0.6 is 0 Å². The molecule has 1 saturated heterocycles. The van der Waals surface area contributed by atoms with Crippen LogP contribution in [0.3, 0.4) is 0 Å². The summed E-state index contributed by atoms with van der Waals surface area (Å²) in [6.45, 7) is 1.10. The second-order valence-electron chi connectivity index (χ2n) is 4.03. The van der Waals surface area contributed by atoms with Gasteiger partial charge in [-0.05, 0) is 12.1 Å². The Morgan fingerprint density at radius 2 is 2.17 bits per heavy atom. The summed E-state index contributed by atoms with van der Waals surface area (Å²) in [5.41, 5.74) is 0.594. The van der Waals surface area contributed by atoms with Gasteiger partial charge in [-0.3, -0.25) is 0 Å². The monoisotopic (exact) mass is 250 g/mol. The van der Waals surface area contributed by atoms with Crippen LogP contribution in [-0.4, -0.2) is 31.0 Å². The highest BCUT2D eigenvalue weighted by molar-refractivity contribution is 5.46. The van der Waals surface area contributed by atoms with Crippen LogP contribution in [0.15, 0.2) is 18.2 Å². The SMILES string of the molecule is OCC#Cc1ccc(F)cc1OC1CCOCC1. The molecule has 4 heteroatoms. The lowest BCUT2D eigenvalue weighted by atomic mass is 10.1. The van der Waals surface area contributed by atoms with Crippen molar-refractivity contribution in [1.82, 2.24) is 0 Å². The van der Waals surface area contributed by atoms with E-state index in [1.807, 2.05) is 0 Å². The van der Waals surface area contributed by atoms with Crippen molar-refractivity contribution in [3.05, 3.63) is 29.6 Å². The number of benzene rings is 1. The smallest absolute Gasteiger partial charge is 0.138 e. The van der Waals surface area contributed by atoms with Gasteiger partial charge >= 0.3 is 0 Å². The van der Waals surface area contributed by atoms with E-state index in [-0.39, 0.29) is 18.5 Å². The number of hydrogen-bond acceptors (Lipinski definition) is 3. The summed E-state index contributed by atoms with van der Waals surface area (Å²) < 4.78 is 24.2. The first-order chi connectivity index (χ1) is 8.79. The molecule has 0 spiro atoms. The molecule has 1 heterocycles. The molecule has 1 fully saturated rings. The third-order valence-corrected chi connectivity index (χ3v) is 2.71. The van der Waals surface area contributed by atoms with Crippen molar-refractivity contribution >= 4 is 0 Å². The molecule has 1 N–H and O–H groups in total. The lowest BCUT2D eigenvalue weighted by Crippen LogP contribution is -2.26. The molecule has 0 unspecified atom stereocenters. The van der Waals surface area contributed by atoms with Crippen LogP contribution in [0.1, 0.15) is 18.4 Å². The molecule has 0 aromatic heterocycles. The van der Waals surface area contributed by atoms with Gasteiger partial charge in [-0.15, -0.1) is 0 Å². The Labute approximate surface area is 106 Å². The summed E-state index contributed by atoms with van der Waals surface area (Å²) in [6.07, 6.45) is 1.63. The van der Waals surface area contributed by atoms with Crippen LogP contribution in [0, 0.1) is 17.7 Å². The number of rotatable bonds is 2. The van der Waals surface area contributed by atoms with E-state index >= 15 is 0 Å². The summed E-state index contributed by atoms with van der Waals surface area (Å²) in [4.78, 5) is 0. The van der Waals surface area contributed by atoms with Crippen molar-refractivity contribution in [2.24, 2.45) is 0 Å². The van der Waals surface area contributed by atoms with Gasteiger partial charge in [0.25, 0.3) is 0 Å². The second kappa shape index (κ2) is 6.39. The molecule has 2 rings (SSSR count). The fourth-order valence-corrected chi connectivity index (χ4v) is 1.81. The zero-order valence-corrected chi connectivity index (χ0v) is 9.99. The summed E-state index contributed by atoms with van der Waals surface area (Å²) in [7, 11) is 0. The highest BCUT2D eigenvalue weighted by Crippen LogP contribution is 2.23. The zero-order chi connectivity index (χ0) is 12.8. The first-order valence-electron chi connectivity index (χ1n) is 5.93. The molecule has 0 saturated carbocycles. The third kappa shape index (κ3) is 3.46. The van der Waals surface area contributed by atoms with E-state index in [0.717, 1.165) is 12.8 Å². The zero-order valence-electron chi connectivity index (χ0n) is 9.99. The Morgan fingerprint density at radius 1 is 1.39 bits per heavy atom. The lowest BCUT2D eigenvalue weighted by Gasteiger charge is -2.23. The maximum atomic E-state index is 13.2. The number of hydrogen-bond donors (Lipinski definition) is 1. The first-order valence-corrected chi connectivity index (χ1v) is 5.93. The van der Waals surface area contributed by atoms with Crippen molar-refractivity contribution < 1.29 is 19.0 Å². The van der Waals surface area contributed by atoms with Crippen LogP contribution in [0.4, 0.5) is 4.39 Å². The maximum Gasteiger partial charge on any atom is 0.138 e. The second-order valence-corrected chi connectivity index (χ2v) is 4.03. The molecule has 96 valence electrons. The Bertz CT molecular complexity index is 456. The van der Waals surface area contributed by atoms with Gasteiger partial charge < -0.3 is 14.6 Å². The molecule has 1 aromatic rings. The van der Waals surface area contributed by atoms with Gasteiger partial charge in [-0.2, -0.15) is 0 Å². The molecule has 0 amide bonds. The minimum Gasteiger partial charge on any atom is -0.489 e. The predicted octanol–water partition coefficient (Wildman–Crippen LogP) is 1.73. The first kappa shape index (κ1) is 12.9. The van der Waals surface area contributed by atoms with Gasteiger partial charge in [0.2, 0.25) is 0 Å². The molecule has 18 heavy (non-hydrogen) atoms. The maximum absolute atomic E-state index is 13.2. The van der Waals surface area contributed by atoms with Gasteiger partial charge in [-0.1, -0.05) is 11.8 Å². The summed E-state index contributed by atoms with van der Waals surface area (Å²) >= 11 is 0. The molecule has 0 radical (unpaired) electrons. The summed E-state index contributed by atoms with van der Waals surface area (Å²) in [6, 6.07) is 4.22. The highest BCUT2D eigenvalue weighted by atomic mass is 19.1. The Balaban J connectivity index is 2.15. The standard InChI is InChI=1S/C14H15FO3/c15-12-4-3-11(2-1-7-16)14(10-12)18-13-5-8-17-9-6-13/h3-4,10,13,16H,5-9H2. The molecule has 0 aliphatic carbocycles. The van der Waals surface area contributed by atoms with Crippen molar-refractivity contribution in [2.75, 3.05) is 19.8 Å². The average Bonchev–Trinajstić information content (AvgIpc) is 2.39. The van der Waals surface area contributed by atoms with E-state index < -0.39 is 0 Å². The molecule has 1 aliphatic rings. The van der Waals surface area contributed by atoms with Crippen LogP contribution in [0.25, 0.3) is 0 Å². The van der Waals surface area contributed by atoms with Crippen molar-refractivity contribution in [1.29, 1.82) is 0 Å². The Morgan fingerprint density at radius 3 is 2.89 bits per heavy atom. The third-order valence-electron chi connectivity index (χ3n) is 2.71. The van der Waals surface area contributed by atoms with Gasteiger partial charge in [-0.25, -0.2) is 4.39 Å². The number of aliphatic hydroxyl groups is 1. The van der Waals surface area contributed by atoms with Gasteiger partial charge in [0.1, 0.15) is 24.3 Å². The molecule has 0 atom stereocenters. The van der Waals surface area contributed by atoms with E-state index in [1.165, 1.54) is 12.1 Å². The van der Waals surface area contributed by atoms with Crippen LogP contribution in [0.2, 0.25) is 0 Å². The Kier molecular flexibility index (Phi) is 4.57. The minimum absolute atomic E-state index is 0.0372. The largest absolute Gasteiger partial charge is 0.489 e. The van der Waals surface area contributed by atoms with Crippen molar-refractivity contribution in [3.8, 4) is 17.6 Å². The van der Waals surface area contributed by atoms with Crippen molar-refractivity contribution in [3.63, 3.8) is 0 Å². The molecule has 1 aliphatic heterocycles. The summed E-state index contributed by atoms with van der Waals surface area (Å²) in [5, 5.41) is 8.69. The normalized spacial score (nSPS) is 15.9. The highest BCUT2D eigenvalue weighted by Gasteiger charge is 2.16. The minimum atomic E-state index is -0.355. The van der Waals surface area contributed by atoms with E-state index in [0.29, 0.717) is 24.5 Å². The molecular formula is C14H15FO3. The average molecular weight is 250 g/mol. The van der Waals surface area contributed by atoms with Crippen LogP contribution in [0.5, 0.6) is 5.75 Å². The topological polar surface area (TPSA) is 38.7 Å². The molecular weight excluding hydrogens is 235 g/mol. The van der Waals surface area contributed by atoms with E-state index in [9.17, 15) is 4.39 Å².